The van der Waals surface area contributed by atoms with E-state index in [2.05, 4.69) is 10.2 Å². The van der Waals surface area contributed by atoms with Crippen LogP contribution in [-0.4, -0.2) is 56.0 Å². The number of likely N-dealkylation sites (tertiary alicyclic amines) is 1. The van der Waals surface area contributed by atoms with Crippen molar-refractivity contribution < 1.29 is 28.2 Å². The van der Waals surface area contributed by atoms with Crippen molar-refractivity contribution >= 4 is 52.4 Å². The number of hydrogen-bond donors (Lipinski definition) is 1. The number of fused-ring (bicyclic) bond motifs is 3. The number of halogens is 3. The standard InChI is InChI=1S/C33H30Cl2FN3O5/c1-43-26-14-18(31(41)44-2)8-11-24(26)38-13-12-25-27(30(38)40)28(20-4-3-5-22(35)29(20)36)33(39(25)16-17-6-7-17)21-10-9-19(34)15-23(21)37-32(33)42/h3-5,8-11,14-15,17,25,27-28H,6-7,12-13,16H2,1-2H3,(H,37,42)/t25-,27+,28-,33+/m0/s1. The molecule has 44 heavy (non-hydrogen) atoms. The molecular weight excluding hydrogens is 608 g/mol. The minimum atomic E-state index is -1.37. The molecule has 3 aromatic rings. The highest BCUT2D eigenvalue weighted by Gasteiger charge is 2.70. The van der Waals surface area contributed by atoms with E-state index in [1.54, 1.807) is 41.3 Å². The molecule has 0 aromatic heterocycles. The normalized spacial score (nSPS) is 26.0. The summed E-state index contributed by atoms with van der Waals surface area (Å²) in [6, 6.07) is 14.4. The fraction of sp³-hybridized carbons (Fsp3) is 0.364. The highest BCUT2D eigenvalue weighted by Crippen LogP contribution is 2.62. The molecular formula is C33H30Cl2FN3O5. The Morgan fingerprint density at radius 1 is 1.07 bits per heavy atom. The number of rotatable bonds is 6. The number of carbonyl (C=O) groups excluding carboxylic acids is 3. The van der Waals surface area contributed by atoms with E-state index >= 15 is 4.39 Å². The van der Waals surface area contributed by atoms with Crippen LogP contribution in [0.2, 0.25) is 10.0 Å². The third kappa shape index (κ3) is 4.24. The van der Waals surface area contributed by atoms with Crippen molar-refractivity contribution in [1.29, 1.82) is 0 Å². The zero-order valence-corrected chi connectivity index (χ0v) is 25.6. The molecule has 1 spiro atoms. The average Bonchev–Trinajstić information content (AvgIpc) is 3.74. The van der Waals surface area contributed by atoms with Gasteiger partial charge in [-0.25, -0.2) is 9.18 Å². The summed E-state index contributed by atoms with van der Waals surface area (Å²) in [6.07, 6.45) is 2.58. The summed E-state index contributed by atoms with van der Waals surface area (Å²) in [6.45, 7) is 0.935. The second kappa shape index (κ2) is 10.8. The SMILES string of the molecule is COC(=O)c1ccc(N2CC[C@H]3[C@@H](C2=O)[C@H](c2cccc(Cl)c2F)[C@]2(C(=O)Nc4cc(Cl)ccc42)N3CC2CC2)c(OC)c1. The molecule has 1 aliphatic carbocycles. The molecule has 1 saturated carbocycles. The lowest BCUT2D eigenvalue weighted by Gasteiger charge is -2.40. The van der Waals surface area contributed by atoms with Crippen LogP contribution in [0.5, 0.6) is 5.75 Å². The summed E-state index contributed by atoms with van der Waals surface area (Å²) in [5.74, 6) is -2.75. The number of amides is 2. The number of ether oxygens (including phenoxy) is 2. The number of esters is 1. The fourth-order valence-corrected chi connectivity index (χ4v) is 7.97. The van der Waals surface area contributed by atoms with Gasteiger partial charge in [-0.15, -0.1) is 0 Å². The van der Waals surface area contributed by atoms with Crippen molar-refractivity contribution in [2.75, 3.05) is 37.5 Å². The predicted molar refractivity (Wildman–Crippen MR) is 164 cm³/mol. The Kier molecular flexibility index (Phi) is 7.10. The number of benzene rings is 3. The number of anilines is 2. The third-order valence-electron chi connectivity index (χ3n) is 9.62. The number of piperidine rings is 1. The molecule has 0 radical (unpaired) electrons. The predicted octanol–water partition coefficient (Wildman–Crippen LogP) is 6.01. The largest absolute Gasteiger partial charge is 0.495 e. The molecule has 1 N–H and O–H groups in total. The van der Waals surface area contributed by atoms with E-state index in [0.717, 1.165) is 12.8 Å². The van der Waals surface area contributed by atoms with E-state index < -0.39 is 29.2 Å². The minimum absolute atomic E-state index is 0.0789. The first-order chi connectivity index (χ1) is 21.2. The first-order valence-corrected chi connectivity index (χ1v) is 15.4. The molecule has 4 atom stereocenters. The van der Waals surface area contributed by atoms with E-state index in [1.807, 2.05) is 6.07 Å². The molecule has 3 heterocycles. The van der Waals surface area contributed by atoms with Crippen LogP contribution in [0.3, 0.4) is 0 Å². The van der Waals surface area contributed by atoms with Gasteiger partial charge in [0.15, 0.2) is 0 Å². The average molecular weight is 639 g/mol. The molecule has 2 amide bonds. The van der Waals surface area contributed by atoms with Crippen LogP contribution in [0.15, 0.2) is 54.6 Å². The summed E-state index contributed by atoms with van der Waals surface area (Å²) < 4.78 is 26.6. The number of carbonyl (C=O) groups is 3. The topological polar surface area (TPSA) is 88.2 Å². The van der Waals surface area contributed by atoms with E-state index in [9.17, 15) is 14.4 Å². The Morgan fingerprint density at radius 2 is 1.86 bits per heavy atom. The maximum absolute atomic E-state index is 16.1. The number of nitrogens with zero attached hydrogens (tertiary/aromatic N) is 2. The van der Waals surface area contributed by atoms with Gasteiger partial charge in [-0.05, 0) is 67.1 Å². The number of hydrogen-bond acceptors (Lipinski definition) is 6. The molecule has 0 bridgehead atoms. The van der Waals surface area contributed by atoms with Gasteiger partial charge < -0.3 is 19.7 Å². The smallest absolute Gasteiger partial charge is 0.337 e. The Bertz CT molecular complexity index is 1710. The van der Waals surface area contributed by atoms with Gasteiger partial charge in [-0.3, -0.25) is 14.5 Å². The van der Waals surface area contributed by atoms with Gasteiger partial charge in [0.1, 0.15) is 17.1 Å². The van der Waals surface area contributed by atoms with Crippen LogP contribution >= 0.6 is 23.2 Å². The molecule has 0 unspecified atom stereocenters. The summed E-state index contributed by atoms with van der Waals surface area (Å²) >= 11 is 12.7. The molecule has 2 saturated heterocycles. The van der Waals surface area contributed by atoms with Crippen molar-refractivity contribution in [3.8, 4) is 5.75 Å². The Hall–Kier alpha value is -3.66. The van der Waals surface area contributed by atoms with Crippen molar-refractivity contribution in [1.82, 2.24) is 4.90 Å². The molecule has 11 heteroatoms. The van der Waals surface area contributed by atoms with Crippen molar-refractivity contribution in [2.24, 2.45) is 11.8 Å². The van der Waals surface area contributed by atoms with Gasteiger partial charge in [0.2, 0.25) is 11.8 Å². The van der Waals surface area contributed by atoms with Crippen LogP contribution in [0, 0.1) is 17.7 Å². The Morgan fingerprint density at radius 3 is 2.59 bits per heavy atom. The van der Waals surface area contributed by atoms with Crippen molar-refractivity contribution in [3.63, 3.8) is 0 Å². The van der Waals surface area contributed by atoms with Crippen LogP contribution in [0.4, 0.5) is 15.8 Å². The van der Waals surface area contributed by atoms with Crippen LogP contribution in [0.25, 0.3) is 0 Å². The van der Waals surface area contributed by atoms with Gasteiger partial charge in [0.25, 0.3) is 0 Å². The summed E-state index contributed by atoms with van der Waals surface area (Å²) in [4.78, 5) is 45.3. The lowest BCUT2D eigenvalue weighted by molar-refractivity contribution is -0.128. The summed E-state index contributed by atoms with van der Waals surface area (Å²) in [5, 5.41) is 3.41. The third-order valence-corrected chi connectivity index (χ3v) is 10.2. The lowest BCUT2D eigenvalue weighted by Crippen LogP contribution is -2.54. The van der Waals surface area contributed by atoms with E-state index in [0.29, 0.717) is 53.1 Å². The molecule has 8 nitrogen and oxygen atoms in total. The van der Waals surface area contributed by atoms with Crippen molar-refractivity contribution in [3.05, 3.63) is 87.2 Å². The highest BCUT2D eigenvalue weighted by molar-refractivity contribution is 6.31. The summed E-state index contributed by atoms with van der Waals surface area (Å²) in [7, 11) is 2.76. The van der Waals surface area contributed by atoms with Gasteiger partial charge in [-0.1, -0.05) is 41.4 Å². The highest BCUT2D eigenvalue weighted by atomic mass is 35.5. The van der Waals surface area contributed by atoms with Gasteiger partial charge in [0.05, 0.1) is 36.4 Å². The zero-order chi connectivity index (χ0) is 30.9. The van der Waals surface area contributed by atoms with E-state index in [1.165, 1.54) is 26.4 Å². The number of nitrogens with one attached hydrogen (secondary N) is 1. The van der Waals surface area contributed by atoms with Crippen LogP contribution in [0.1, 0.15) is 46.7 Å². The number of methoxy groups -OCH3 is 2. The second-order valence-corrected chi connectivity index (χ2v) is 12.7. The van der Waals surface area contributed by atoms with Gasteiger partial charge in [0, 0.05) is 41.3 Å². The molecule has 4 aliphatic rings. The van der Waals surface area contributed by atoms with E-state index in [4.69, 9.17) is 32.7 Å². The molecule has 3 aromatic carbocycles. The van der Waals surface area contributed by atoms with E-state index in [-0.39, 0.29) is 34.0 Å². The first kappa shape index (κ1) is 29.1. The van der Waals surface area contributed by atoms with Crippen LogP contribution < -0.4 is 15.0 Å². The molecule has 228 valence electrons. The maximum atomic E-state index is 16.1. The molecule has 3 fully saturated rings. The van der Waals surface area contributed by atoms with Gasteiger partial charge >= 0.3 is 5.97 Å². The Balaban J connectivity index is 1.43. The van der Waals surface area contributed by atoms with Gasteiger partial charge in [-0.2, -0.15) is 0 Å². The van der Waals surface area contributed by atoms with Crippen LogP contribution in [-0.2, 0) is 19.9 Å². The summed E-state index contributed by atoms with van der Waals surface area (Å²) in [5.41, 5.74) is 0.833. The first-order valence-electron chi connectivity index (χ1n) is 14.6. The monoisotopic (exact) mass is 637 g/mol. The second-order valence-electron chi connectivity index (χ2n) is 11.9. The zero-order valence-electron chi connectivity index (χ0n) is 24.1. The maximum Gasteiger partial charge on any atom is 0.337 e. The Labute approximate surface area is 264 Å². The minimum Gasteiger partial charge on any atom is -0.495 e. The lowest BCUT2D eigenvalue weighted by atomic mass is 9.70. The fourth-order valence-electron chi connectivity index (χ4n) is 7.62. The molecule has 3 aliphatic heterocycles. The molecule has 7 rings (SSSR count). The quantitative estimate of drug-likeness (QED) is 0.333. The van der Waals surface area contributed by atoms with Crippen molar-refractivity contribution in [2.45, 2.75) is 36.8 Å².